The predicted molar refractivity (Wildman–Crippen MR) is 99.2 cm³/mol. The van der Waals surface area contributed by atoms with Crippen LogP contribution in [0.15, 0.2) is 47.8 Å². The molecule has 0 N–H and O–H groups in total. The number of likely N-dealkylation sites (tertiary alicyclic amines) is 1. The summed E-state index contributed by atoms with van der Waals surface area (Å²) in [5.74, 6) is -1.01. The molecule has 1 aromatic heterocycles. The molecule has 0 aliphatic carbocycles. The first kappa shape index (κ1) is 18.1. The first-order valence-electron chi connectivity index (χ1n) is 8.40. The molecular weight excluding hydrogens is 352 g/mol. The molecule has 1 aliphatic rings. The molecule has 0 spiro atoms. The molecule has 2 amide bonds. The Morgan fingerprint density at radius 1 is 1.19 bits per heavy atom. The van der Waals surface area contributed by atoms with Gasteiger partial charge in [-0.25, -0.2) is 4.79 Å². The number of benzene rings is 1. The number of para-hydroxylation sites is 1. The topological polar surface area (TPSA) is 66.9 Å². The van der Waals surface area contributed by atoms with E-state index < -0.39 is 12.0 Å². The Balaban J connectivity index is 1.57. The minimum Gasteiger partial charge on any atom is -0.454 e. The standard InChI is InChI=1S/C19H20N2O4S/c1-20(14-7-3-2-4-8-14)17(22)13-25-19(24)15-9-5-11-21(15)18(23)16-10-6-12-26-16/h2-4,6-8,10,12,15H,5,9,11,13H2,1H3. The van der Waals surface area contributed by atoms with Gasteiger partial charge in [0.15, 0.2) is 6.61 Å². The fourth-order valence-corrected chi connectivity index (χ4v) is 3.60. The number of esters is 1. The van der Waals surface area contributed by atoms with E-state index in [1.165, 1.54) is 16.2 Å². The third kappa shape index (κ3) is 3.94. The van der Waals surface area contributed by atoms with E-state index in [1.54, 1.807) is 36.2 Å². The number of anilines is 1. The molecule has 2 aromatic rings. The molecule has 0 bridgehead atoms. The summed E-state index contributed by atoms with van der Waals surface area (Å²) in [6.07, 6.45) is 1.30. The lowest BCUT2D eigenvalue weighted by Gasteiger charge is -2.23. The number of rotatable bonds is 5. The predicted octanol–water partition coefficient (Wildman–Crippen LogP) is 2.56. The van der Waals surface area contributed by atoms with Gasteiger partial charge in [0.1, 0.15) is 6.04 Å². The number of hydrogen-bond acceptors (Lipinski definition) is 5. The van der Waals surface area contributed by atoms with Gasteiger partial charge in [0, 0.05) is 19.3 Å². The van der Waals surface area contributed by atoms with Crippen LogP contribution in [-0.4, -0.2) is 48.9 Å². The number of carbonyl (C=O) groups is 3. The zero-order valence-electron chi connectivity index (χ0n) is 14.5. The van der Waals surface area contributed by atoms with Gasteiger partial charge in [-0.1, -0.05) is 24.3 Å². The van der Waals surface area contributed by atoms with Gasteiger partial charge < -0.3 is 14.5 Å². The highest BCUT2D eigenvalue weighted by Gasteiger charge is 2.36. The van der Waals surface area contributed by atoms with Gasteiger partial charge in [0.2, 0.25) is 0 Å². The Labute approximate surface area is 156 Å². The van der Waals surface area contributed by atoms with Crippen molar-refractivity contribution in [2.75, 3.05) is 25.1 Å². The molecule has 1 fully saturated rings. The fraction of sp³-hybridized carbons (Fsp3) is 0.316. The van der Waals surface area contributed by atoms with Crippen LogP contribution >= 0.6 is 11.3 Å². The monoisotopic (exact) mass is 372 g/mol. The van der Waals surface area contributed by atoms with Crippen LogP contribution in [0.5, 0.6) is 0 Å². The first-order valence-corrected chi connectivity index (χ1v) is 9.28. The average molecular weight is 372 g/mol. The van der Waals surface area contributed by atoms with Crippen molar-refractivity contribution in [3.8, 4) is 0 Å². The van der Waals surface area contributed by atoms with Gasteiger partial charge in [-0.15, -0.1) is 11.3 Å². The van der Waals surface area contributed by atoms with E-state index in [1.807, 2.05) is 23.6 Å². The summed E-state index contributed by atoms with van der Waals surface area (Å²) in [5.41, 5.74) is 0.726. The lowest BCUT2D eigenvalue weighted by Crippen LogP contribution is -2.42. The van der Waals surface area contributed by atoms with Gasteiger partial charge in [0.05, 0.1) is 4.88 Å². The number of carbonyl (C=O) groups excluding carboxylic acids is 3. The first-order chi connectivity index (χ1) is 12.6. The van der Waals surface area contributed by atoms with Crippen LogP contribution in [0.2, 0.25) is 0 Å². The highest BCUT2D eigenvalue weighted by Crippen LogP contribution is 2.23. The Morgan fingerprint density at radius 2 is 1.96 bits per heavy atom. The summed E-state index contributed by atoms with van der Waals surface area (Å²) < 4.78 is 5.21. The maximum atomic E-state index is 12.5. The summed E-state index contributed by atoms with van der Waals surface area (Å²) in [6, 6.07) is 12.1. The van der Waals surface area contributed by atoms with Crippen molar-refractivity contribution in [2.24, 2.45) is 0 Å². The van der Waals surface area contributed by atoms with Crippen molar-refractivity contribution in [3.05, 3.63) is 52.7 Å². The average Bonchev–Trinajstić information content (AvgIpc) is 3.37. The van der Waals surface area contributed by atoms with E-state index in [9.17, 15) is 14.4 Å². The van der Waals surface area contributed by atoms with Crippen LogP contribution in [0.1, 0.15) is 22.5 Å². The number of ether oxygens (including phenoxy) is 1. The van der Waals surface area contributed by atoms with Gasteiger partial charge in [-0.3, -0.25) is 9.59 Å². The Bertz CT molecular complexity index is 776. The van der Waals surface area contributed by atoms with Crippen molar-refractivity contribution in [1.82, 2.24) is 4.90 Å². The third-order valence-corrected chi connectivity index (χ3v) is 5.23. The van der Waals surface area contributed by atoms with E-state index in [-0.39, 0.29) is 18.4 Å². The fourth-order valence-electron chi connectivity index (χ4n) is 2.92. The molecule has 1 unspecified atom stereocenters. The number of likely N-dealkylation sites (N-methyl/N-ethyl adjacent to an activating group) is 1. The number of nitrogens with zero attached hydrogens (tertiary/aromatic N) is 2. The van der Waals surface area contributed by atoms with E-state index >= 15 is 0 Å². The zero-order valence-corrected chi connectivity index (χ0v) is 15.3. The maximum absolute atomic E-state index is 12.5. The SMILES string of the molecule is CN(C(=O)COC(=O)C1CCCN1C(=O)c1cccs1)c1ccccc1. The van der Waals surface area contributed by atoms with Gasteiger partial charge in [-0.2, -0.15) is 0 Å². The molecule has 3 rings (SSSR count). The van der Waals surface area contributed by atoms with Crippen molar-refractivity contribution in [2.45, 2.75) is 18.9 Å². The Hall–Kier alpha value is -2.67. The molecule has 1 atom stereocenters. The summed E-state index contributed by atoms with van der Waals surface area (Å²) in [5, 5.41) is 1.83. The second-order valence-electron chi connectivity index (χ2n) is 6.03. The highest BCUT2D eigenvalue weighted by atomic mass is 32.1. The number of thiophene rings is 1. The second-order valence-corrected chi connectivity index (χ2v) is 6.98. The molecule has 0 saturated carbocycles. The van der Waals surface area contributed by atoms with Crippen molar-refractivity contribution in [3.63, 3.8) is 0 Å². The Morgan fingerprint density at radius 3 is 2.65 bits per heavy atom. The summed E-state index contributed by atoms with van der Waals surface area (Å²) in [6.45, 7) is 0.177. The smallest absolute Gasteiger partial charge is 0.329 e. The highest BCUT2D eigenvalue weighted by molar-refractivity contribution is 7.12. The van der Waals surface area contributed by atoms with Crippen LogP contribution in [-0.2, 0) is 14.3 Å². The van der Waals surface area contributed by atoms with Crippen LogP contribution in [0, 0.1) is 0 Å². The lowest BCUT2D eigenvalue weighted by molar-refractivity contribution is -0.151. The molecule has 1 saturated heterocycles. The summed E-state index contributed by atoms with van der Waals surface area (Å²) >= 11 is 1.35. The van der Waals surface area contributed by atoms with Gasteiger partial charge in [-0.05, 0) is 36.4 Å². The van der Waals surface area contributed by atoms with E-state index in [4.69, 9.17) is 4.74 Å². The molecule has 1 aliphatic heterocycles. The van der Waals surface area contributed by atoms with E-state index in [2.05, 4.69) is 0 Å². The molecule has 6 nitrogen and oxygen atoms in total. The number of amides is 2. The number of hydrogen-bond donors (Lipinski definition) is 0. The summed E-state index contributed by atoms with van der Waals surface area (Å²) in [4.78, 5) is 40.7. The molecule has 26 heavy (non-hydrogen) atoms. The molecule has 2 heterocycles. The minimum absolute atomic E-state index is 0.160. The molecule has 0 radical (unpaired) electrons. The van der Waals surface area contributed by atoms with Crippen LogP contribution in [0.4, 0.5) is 5.69 Å². The van der Waals surface area contributed by atoms with Crippen LogP contribution in [0.25, 0.3) is 0 Å². The molecule has 7 heteroatoms. The molecular formula is C19H20N2O4S. The lowest BCUT2D eigenvalue weighted by atomic mass is 10.2. The zero-order chi connectivity index (χ0) is 18.5. The molecule has 1 aromatic carbocycles. The third-order valence-electron chi connectivity index (χ3n) is 4.37. The quantitative estimate of drug-likeness (QED) is 0.757. The second kappa shape index (κ2) is 8.14. The molecule has 136 valence electrons. The van der Waals surface area contributed by atoms with Crippen LogP contribution < -0.4 is 4.90 Å². The van der Waals surface area contributed by atoms with Crippen LogP contribution in [0.3, 0.4) is 0 Å². The van der Waals surface area contributed by atoms with Crippen molar-refractivity contribution in [1.29, 1.82) is 0 Å². The van der Waals surface area contributed by atoms with E-state index in [0.29, 0.717) is 17.8 Å². The van der Waals surface area contributed by atoms with Crippen molar-refractivity contribution >= 4 is 34.8 Å². The largest absolute Gasteiger partial charge is 0.454 e. The normalized spacial score (nSPS) is 16.3. The summed E-state index contributed by atoms with van der Waals surface area (Å²) in [7, 11) is 1.63. The minimum atomic E-state index is -0.626. The van der Waals surface area contributed by atoms with E-state index in [0.717, 1.165) is 12.1 Å². The van der Waals surface area contributed by atoms with Gasteiger partial charge >= 0.3 is 5.97 Å². The van der Waals surface area contributed by atoms with Crippen molar-refractivity contribution < 1.29 is 19.1 Å². The maximum Gasteiger partial charge on any atom is 0.329 e. The van der Waals surface area contributed by atoms with Gasteiger partial charge in [0.25, 0.3) is 11.8 Å². The Kier molecular flexibility index (Phi) is 5.68.